The zero-order chi connectivity index (χ0) is 13.0. The molecule has 1 aromatic carbocycles. The van der Waals surface area contributed by atoms with E-state index in [9.17, 15) is 9.18 Å². The average Bonchev–Trinajstić information content (AvgIpc) is 2.37. The van der Waals surface area contributed by atoms with E-state index in [1.54, 1.807) is 12.1 Å². The molecule has 0 radical (unpaired) electrons. The van der Waals surface area contributed by atoms with Crippen molar-refractivity contribution in [1.29, 1.82) is 0 Å². The highest BCUT2D eigenvalue weighted by Gasteiger charge is 2.21. The fraction of sp³-hybridized carbons (Fsp3) is 0.462. The molecule has 98 valence electrons. The van der Waals surface area contributed by atoms with Crippen LogP contribution in [0.1, 0.15) is 12.8 Å². The molecule has 1 unspecified atom stereocenters. The highest BCUT2D eigenvalue weighted by atomic mass is 19.1. The number of carbonyl (C=O) groups is 1. The number of piperazine rings is 1. The molecular formula is C13H17FN2O2. The quantitative estimate of drug-likeness (QED) is 0.852. The van der Waals surface area contributed by atoms with Crippen LogP contribution in [0.15, 0.2) is 24.3 Å². The van der Waals surface area contributed by atoms with Gasteiger partial charge in [0.15, 0.2) is 0 Å². The largest absolute Gasteiger partial charge is 0.481 e. The van der Waals surface area contributed by atoms with Gasteiger partial charge in [-0.2, -0.15) is 0 Å². The summed E-state index contributed by atoms with van der Waals surface area (Å²) in [7, 11) is 0. The molecule has 1 aliphatic rings. The fourth-order valence-corrected chi connectivity index (χ4v) is 2.24. The molecule has 0 amide bonds. The second-order valence-corrected chi connectivity index (χ2v) is 4.48. The number of rotatable bonds is 4. The Morgan fingerprint density at radius 1 is 1.50 bits per heavy atom. The summed E-state index contributed by atoms with van der Waals surface area (Å²) in [6.07, 6.45) is 0.711. The van der Waals surface area contributed by atoms with Crippen molar-refractivity contribution in [1.82, 2.24) is 5.32 Å². The van der Waals surface area contributed by atoms with Crippen molar-refractivity contribution in [3.63, 3.8) is 0 Å². The van der Waals surface area contributed by atoms with Crippen LogP contribution in [0.4, 0.5) is 10.1 Å². The molecule has 0 aromatic heterocycles. The van der Waals surface area contributed by atoms with Crippen LogP contribution in [0.5, 0.6) is 0 Å². The van der Waals surface area contributed by atoms with Crippen molar-refractivity contribution in [2.45, 2.75) is 18.9 Å². The molecule has 1 saturated heterocycles. The Balaban J connectivity index is 1.98. The smallest absolute Gasteiger partial charge is 0.303 e. The van der Waals surface area contributed by atoms with Gasteiger partial charge in [0.05, 0.1) is 5.69 Å². The van der Waals surface area contributed by atoms with Gasteiger partial charge in [-0.15, -0.1) is 0 Å². The van der Waals surface area contributed by atoms with Crippen LogP contribution in [0.2, 0.25) is 0 Å². The SMILES string of the molecule is O=C(O)CCC1CN(c2ccccc2F)CCN1. The first-order chi connectivity index (χ1) is 8.66. The van der Waals surface area contributed by atoms with Gasteiger partial charge < -0.3 is 15.3 Å². The van der Waals surface area contributed by atoms with Crippen LogP contribution >= 0.6 is 0 Å². The van der Waals surface area contributed by atoms with E-state index < -0.39 is 5.97 Å². The molecule has 1 aromatic rings. The lowest BCUT2D eigenvalue weighted by molar-refractivity contribution is -0.137. The number of hydrogen-bond donors (Lipinski definition) is 2. The van der Waals surface area contributed by atoms with E-state index in [0.717, 1.165) is 13.1 Å². The highest BCUT2D eigenvalue weighted by Crippen LogP contribution is 2.20. The molecule has 0 bridgehead atoms. The molecule has 1 heterocycles. The minimum atomic E-state index is -0.792. The fourth-order valence-electron chi connectivity index (χ4n) is 2.24. The molecule has 1 atom stereocenters. The molecule has 0 saturated carbocycles. The van der Waals surface area contributed by atoms with Crippen LogP contribution in [0.3, 0.4) is 0 Å². The lowest BCUT2D eigenvalue weighted by atomic mass is 10.1. The Morgan fingerprint density at radius 3 is 3.00 bits per heavy atom. The zero-order valence-electron chi connectivity index (χ0n) is 10.1. The number of para-hydroxylation sites is 1. The summed E-state index contributed by atoms with van der Waals surface area (Å²) in [6.45, 7) is 2.14. The monoisotopic (exact) mass is 252 g/mol. The van der Waals surface area contributed by atoms with Crippen LogP contribution in [-0.4, -0.2) is 36.8 Å². The first-order valence-electron chi connectivity index (χ1n) is 6.11. The number of carboxylic acids is 1. The number of carboxylic acid groups (broad SMARTS) is 1. The maximum atomic E-state index is 13.7. The summed E-state index contributed by atoms with van der Waals surface area (Å²) in [5.74, 6) is -1.02. The molecule has 0 spiro atoms. The van der Waals surface area contributed by atoms with Gasteiger partial charge in [-0.3, -0.25) is 4.79 Å². The predicted octanol–water partition coefficient (Wildman–Crippen LogP) is 1.47. The van der Waals surface area contributed by atoms with Crippen LogP contribution in [0.25, 0.3) is 0 Å². The summed E-state index contributed by atoms with van der Waals surface area (Å²) < 4.78 is 13.7. The van der Waals surface area contributed by atoms with Gasteiger partial charge in [0.1, 0.15) is 5.82 Å². The molecule has 2 N–H and O–H groups in total. The number of halogens is 1. The summed E-state index contributed by atoms with van der Waals surface area (Å²) >= 11 is 0. The van der Waals surface area contributed by atoms with Crippen molar-refractivity contribution >= 4 is 11.7 Å². The first-order valence-corrected chi connectivity index (χ1v) is 6.11. The molecular weight excluding hydrogens is 235 g/mol. The van der Waals surface area contributed by atoms with Crippen LogP contribution < -0.4 is 10.2 Å². The third-order valence-electron chi connectivity index (χ3n) is 3.16. The van der Waals surface area contributed by atoms with Gasteiger partial charge in [-0.25, -0.2) is 4.39 Å². The third-order valence-corrected chi connectivity index (χ3v) is 3.16. The number of nitrogens with zero attached hydrogens (tertiary/aromatic N) is 1. The standard InChI is InChI=1S/C13H17FN2O2/c14-11-3-1-2-4-12(11)16-8-7-15-10(9-16)5-6-13(17)18/h1-4,10,15H,5-9H2,(H,17,18). The molecule has 2 rings (SSSR count). The van der Waals surface area contributed by atoms with Gasteiger partial charge in [0, 0.05) is 32.1 Å². The second-order valence-electron chi connectivity index (χ2n) is 4.48. The number of anilines is 1. The normalized spacial score (nSPS) is 19.8. The summed E-state index contributed by atoms with van der Waals surface area (Å²) in [5, 5.41) is 11.9. The maximum absolute atomic E-state index is 13.7. The van der Waals surface area contributed by atoms with E-state index >= 15 is 0 Å². The van der Waals surface area contributed by atoms with E-state index in [4.69, 9.17) is 5.11 Å². The molecule has 4 nitrogen and oxygen atoms in total. The number of nitrogens with one attached hydrogen (secondary N) is 1. The highest BCUT2D eigenvalue weighted by molar-refractivity contribution is 5.66. The third kappa shape index (κ3) is 3.20. The van der Waals surface area contributed by atoms with E-state index in [-0.39, 0.29) is 18.3 Å². The minimum absolute atomic E-state index is 0.106. The van der Waals surface area contributed by atoms with Gasteiger partial charge >= 0.3 is 5.97 Å². The van der Waals surface area contributed by atoms with E-state index in [0.29, 0.717) is 18.7 Å². The van der Waals surface area contributed by atoms with Crippen molar-refractivity contribution in [2.75, 3.05) is 24.5 Å². The molecule has 5 heteroatoms. The Morgan fingerprint density at radius 2 is 2.28 bits per heavy atom. The van der Waals surface area contributed by atoms with E-state index in [1.165, 1.54) is 6.07 Å². The van der Waals surface area contributed by atoms with Gasteiger partial charge in [0.2, 0.25) is 0 Å². The second kappa shape index (κ2) is 5.82. The van der Waals surface area contributed by atoms with Crippen molar-refractivity contribution < 1.29 is 14.3 Å². The number of benzene rings is 1. The first kappa shape index (κ1) is 12.8. The minimum Gasteiger partial charge on any atom is -0.481 e. The van der Waals surface area contributed by atoms with Crippen LogP contribution in [-0.2, 0) is 4.79 Å². The van der Waals surface area contributed by atoms with Crippen molar-refractivity contribution in [3.8, 4) is 0 Å². The van der Waals surface area contributed by atoms with Crippen LogP contribution in [0, 0.1) is 5.82 Å². The van der Waals surface area contributed by atoms with Crippen molar-refractivity contribution in [2.24, 2.45) is 0 Å². The predicted molar refractivity (Wildman–Crippen MR) is 67.3 cm³/mol. The van der Waals surface area contributed by atoms with Crippen molar-refractivity contribution in [3.05, 3.63) is 30.1 Å². The van der Waals surface area contributed by atoms with Gasteiger partial charge in [-0.05, 0) is 18.6 Å². The molecule has 18 heavy (non-hydrogen) atoms. The van der Waals surface area contributed by atoms with Gasteiger partial charge in [0.25, 0.3) is 0 Å². The Kier molecular flexibility index (Phi) is 4.15. The van der Waals surface area contributed by atoms with E-state index in [2.05, 4.69) is 5.32 Å². The average molecular weight is 252 g/mol. The zero-order valence-corrected chi connectivity index (χ0v) is 10.1. The Hall–Kier alpha value is -1.62. The lowest BCUT2D eigenvalue weighted by Crippen LogP contribution is -2.51. The summed E-state index contributed by atoms with van der Waals surface area (Å²) in [6, 6.07) is 6.79. The summed E-state index contributed by atoms with van der Waals surface area (Å²) in [4.78, 5) is 12.5. The Labute approximate surface area is 105 Å². The number of aliphatic carboxylic acids is 1. The Bertz CT molecular complexity index is 425. The van der Waals surface area contributed by atoms with Gasteiger partial charge in [-0.1, -0.05) is 12.1 Å². The number of hydrogen-bond acceptors (Lipinski definition) is 3. The topological polar surface area (TPSA) is 52.6 Å². The van der Waals surface area contributed by atoms with E-state index in [1.807, 2.05) is 11.0 Å². The maximum Gasteiger partial charge on any atom is 0.303 e. The molecule has 0 aliphatic carbocycles. The summed E-state index contributed by atoms with van der Waals surface area (Å²) in [5.41, 5.74) is 0.597. The molecule has 1 fully saturated rings. The lowest BCUT2D eigenvalue weighted by Gasteiger charge is -2.35. The molecule has 1 aliphatic heterocycles.